The first kappa shape index (κ1) is 13.7. The molecule has 1 aromatic carbocycles. The fourth-order valence-electron chi connectivity index (χ4n) is 1.64. The summed E-state index contributed by atoms with van der Waals surface area (Å²) in [5, 5.41) is 12.0. The Morgan fingerprint density at radius 3 is 2.63 bits per heavy atom. The molecule has 0 saturated heterocycles. The Morgan fingerprint density at radius 2 is 2.05 bits per heavy atom. The summed E-state index contributed by atoms with van der Waals surface area (Å²) in [4.78, 5) is 22.5. The van der Waals surface area contributed by atoms with Crippen LogP contribution in [0.2, 0.25) is 5.02 Å². The average molecular weight is 284 g/mol. The van der Waals surface area contributed by atoms with Crippen LogP contribution in [0, 0.1) is 5.41 Å². The van der Waals surface area contributed by atoms with E-state index >= 15 is 0 Å². The number of amides is 1. The van der Waals surface area contributed by atoms with Crippen LogP contribution in [0.1, 0.15) is 12.8 Å². The van der Waals surface area contributed by atoms with Gasteiger partial charge in [-0.2, -0.15) is 0 Å². The van der Waals surface area contributed by atoms with Crippen LogP contribution in [0.25, 0.3) is 0 Å². The summed E-state index contributed by atoms with van der Waals surface area (Å²) in [7, 11) is 0. The van der Waals surface area contributed by atoms with Crippen LogP contribution in [0.5, 0.6) is 5.75 Å². The maximum Gasteiger partial charge on any atom is 0.311 e. The molecule has 1 fully saturated rings. The smallest absolute Gasteiger partial charge is 0.311 e. The summed E-state index contributed by atoms with van der Waals surface area (Å²) in [6.45, 7) is -0.0352. The molecule has 0 unspecified atom stereocenters. The number of carboxylic acids is 1. The predicted molar refractivity (Wildman–Crippen MR) is 69.3 cm³/mol. The second-order valence-corrected chi connectivity index (χ2v) is 4.99. The van der Waals surface area contributed by atoms with Crippen LogP contribution in [-0.4, -0.2) is 30.1 Å². The van der Waals surface area contributed by atoms with E-state index in [4.69, 9.17) is 21.4 Å². The zero-order valence-electron chi connectivity index (χ0n) is 10.2. The van der Waals surface area contributed by atoms with Crippen molar-refractivity contribution in [1.82, 2.24) is 5.32 Å². The number of carboxylic acid groups (broad SMARTS) is 1. The lowest BCUT2D eigenvalue weighted by atomic mass is 10.1. The molecule has 1 amide bonds. The van der Waals surface area contributed by atoms with Crippen molar-refractivity contribution in [3.05, 3.63) is 29.3 Å². The first-order chi connectivity index (χ1) is 9.03. The van der Waals surface area contributed by atoms with Gasteiger partial charge in [0.1, 0.15) is 5.75 Å². The van der Waals surface area contributed by atoms with Crippen LogP contribution in [0.15, 0.2) is 24.3 Å². The molecule has 0 bridgehead atoms. The highest BCUT2D eigenvalue weighted by molar-refractivity contribution is 6.32. The monoisotopic (exact) mass is 283 g/mol. The van der Waals surface area contributed by atoms with Crippen molar-refractivity contribution in [3.8, 4) is 5.75 Å². The van der Waals surface area contributed by atoms with Crippen LogP contribution in [0.3, 0.4) is 0 Å². The standard InChI is InChI=1S/C13H14ClNO4/c14-9-3-1-2-4-10(9)19-7-11(16)15-8-13(5-6-13)12(17)18/h1-4H,5-8H2,(H,15,16)(H,17,18). The SMILES string of the molecule is O=C(COc1ccccc1Cl)NCC1(C(=O)O)CC1. The molecule has 19 heavy (non-hydrogen) atoms. The molecule has 1 aromatic rings. The maximum absolute atomic E-state index is 11.6. The maximum atomic E-state index is 11.6. The van der Waals surface area contributed by atoms with Crippen molar-refractivity contribution in [3.63, 3.8) is 0 Å². The summed E-state index contributed by atoms with van der Waals surface area (Å²) >= 11 is 5.87. The van der Waals surface area contributed by atoms with Crippen molar-refractivity contribution >= 4 is 23.5 Å². The van der Waals surface area contributed by atoms with Crippen molar-refractivity contribution in [2.24, 2.45) is 5.41 Å². The third-order valence-electron chi connectivity index (χ3n) is 3.13. The third kappa shape index (κ3) is 3.38. The van der Waals surface area contributed by atoms with Crippen molar-refractivity contribution in [1.29, 1.82) is 0 Å². The molecule has 2 rings (SSSR count). The molecule has 1 aliphatic carbocycles. The minimum atomic E-state index is -0.861. The lowest BCUT2D eigenvalue weighted by molar-refractivity contribution is -0.143. The van der Waals surface area contributed by atoms with Gasteiger partial charge in [-0.1, -0.05) is 23.7 Å². The van der Waals surface area contributed by atoms with Crippen molar-refractivity contribution < 1.29 is 19.4 Å². The number of hydrogen-bond acceptors (Lipinski definition) is 3. The minimum Gasteiger partial charge on any atom is -0.482 e. The second kappa shape index (κ2) is 5.48. The number of ether oxygens (including phenoxy) is 1. The van der Waals surface area contributed by atoms with Crippen molar-refractivity contribution in [2.75, 3.05) is 13.2 Å². The summed E-state index contributed by atoms with van der Waals surface area (Å²) in [5.41, 5.74) is -0.764. The zero-order valence-corrected chi connectivity index (χ0v) is 10.9. The van der Waals surface area contributed by atoms with Gasteiger partial charge in [-0.05, 0) is 25.0 Å². The van der Waals surface area contributed by atoms with E-state index in [1.807, 2.05) is 0 Å². The first-order valence-electron chi connectivity index (χ1n) is 5.91. The summed E-state index contributed by atoms with van der Waals surface area (Å²) in [5.74, 6) is -0.786. The number of benzene rings is 1. The Labute approximate surface area is 115 Å². The van der Waals surface area contributed by atoms with Crippen LogP contribution in [0.4, 0.5) is 0 Å². The number of halogens is 1. The van der Waals surface area contributed by atoms with Gasteiger partial charge in [0.2, 0.25) is 0 Å². The lowest BCUT2D eigenvalue weighted by Crippen LogP contribution is -2.36. The molecule has 1 saturated carbocycles. The van der Waals surface area contributed by atoms with E-state index in [1.165, 1.54) is 0 Å². The Hall–Kier alpha value is -1.75. The Bertz CT molecular complexity index is 499. The van der Waals surface area contributed by atoms with E-state index in [2.05, 4.69) is 5.32 Å². The average Bonchev–Trinajstić information content (AvgIpc) is 3.16. The number of carbonyl (C=O) groups excluding carboxylic acids is 1. The predicted octanol–water partition coefficient (Wildman–Crippen LogP) is 1.70. The van der Waals surface area contributed by atoms with Crippen molar-refractivity contribution in [2.45, 2.75) is 12.8 Å². The molecule has 2 N–H and O–H groups in total. The molecular weight excluding hydrogens is 270 g/mol. The van der Waals surface area contributed by atoms with E-state index in [-0.39, 0.29) is 19.1 Å². The van der Waals surface area contributed by atoms with Gasteiger partial charge in [0, 0.05) is 6.54 Å². The van der Waals surface area contributed by atoms with Gasteiger partial charge in [0.15, 0.2) is 6.61 Å². The molecule has 0 aromatic heterocycles. The van der Waals surface area contributed by atoms with E-state index in [0.717, 1.165) is 0 Å². The number of carbonyl (C=O) groups is 2. The highest BCUT2D eigenvalue weighted by Crippen LogP contribution is 2.45. The van der Waals surface area contributed by atoms with Gasteiger partial charge in [-0.3, -0.25) is 9.59 Å². The zero-order chi connectivity index (χ0) is 13.9. The fraction of sp³-hybridized carbons (Fsp3) is 0.385. The largest absolute Gasteiger partial charge is 0.482 e. The first-order valence-corrected chi connectivity index (χ1v) is 6.29. The van der Waals surface area contributed by atoms with Crippen LogP contribution >= 0.6 is 11.6 Å². The number of hydrogen-bond donors (Lipinski definition) is 2. The fourth-order valence-corrected chi connectivity index (χ4v) is 1.83. The van der Waals surface area contributed by atoms with E-state index in [9.17, 15) is 9.59 Å². The van der Waals surface area contributed by atoms with E-state index in [1.54, 1.807) is 24.3 Å². The molecule has 0 radical (unpaired) electrons. The van der Waals surface area contributed by atoms with Crippen LogP contribution < -0.4 is 10.1 Å². The Balaban J connectivity index is 1.77. The number of aliphatic carboxylic acids is 1. The van der Waals surface area contributed by atoms with Gasteiger partial charge in [-0.25, -0.2) is 0 Å². The van der Waals surface area contributed by atoms with Gasteiger partial charge in [0.25, 0.3) is 5.91 Å². The quantitative estimate of drug-likeness (QED) is 0.833. The van der Waals surface area contributed by atoms with Gasteiger partial charge < -0.3 is 15.2 Å². The van der Waals surface area contributed by atoms with E-state index < -0.39 is 11.4 Å². The number of para-hydroxylation sites is 1. The number of nitrogens with one attached hydrogen (secondary N) is 1. The van der Waals surface area contributed by atoms with Gasteiger partial charge in [-0.15, -0.1) is 0 Å². The van der Waals surface area contributed by atoms with Gasteiger partial charge in [0.05, 0.1) is 10.4 Å². The molecule has 0 spiro atoms. The number of rotatable bonds is 6. The third-order valence-corrected chi connectivity index (χ3v) is 3.44. The van der Waals surface area contributed by atoms with Crippen LogP contribution in [-0.2, 0) is 9.59 Å². The molecule has 6 heteroatoms. The summed E-state index contributed by atoms with van der Waals surface area (Å²) in [6, 6.07) is 6.84. The second-order valence-electron chi connectivity index (χ2n) is 4.58. The molecule has 0 heterocycles. The molecule has 0 atom stereocenters. The summed E-state index contributed by atoms with van der Waals surface area (Å²) < 4.78 is 5.25. The summed E-state index contributed by atoms with van der Waals surface area (Å²) in [6.07, 6.45) is 1.21. The van der Waals surface area contributed by atoms with Gasteiger partial charge >= 0.3 is 5.97 Å². The normalized spacial score (nSPS) is 15.6. The topological polar surface area (TPSA) is 75.6 Å². The highest BCUT2D eigenvalue weighted by Gasteiger charge is 2.50. The minimum absolute atomic E-state index is 0.146. The lowest BCUT2D eigenvalue weighted by Gasteiger charge is -2.12. The highest BCUT2D eigenvalue weighted by atomic mass is 35.5. The van der Waals surface area contributed by atoms with E-state index in [0.29, 0.717) is 23.6 Å². The Kier molecular flexibility index (Phi) is 3.95. The molecule has 102 valence electrons. The molecular formula is C13H14ClNO4. The molecule has 0 aliphatic heterocycles. The molecule has 1 aliphatic rings. The molecule has 5 nitrogen and oxygen atoms in total. The Morgan fingerprint density at radius 1 is 1.37 bits per heavy atom.